The van der Waals surface area contributed by atoms with E-state index in [1.807, 2.05) is 0 Å². The van der Waals surface area contributed by atoms with Crippen molar-refractivity contribution in [3.05, 3.63) is 18.2 Å². The lowest BCUT2D eigenvalue weighted by Crippen LogP contribution is -2.44. The number of carbonyl (C=O) groups excluding carboxylic acids is 2. The highest BCUT2D eigenvalue weighted by Gasteiger charge is 2.35. The summed E-state index contributed by atoms with van der Waals surface area (Å²) >= 11 is 0. The molecular formula is C16H20N2O6S. The molecule has 8 nitrogen and oxygen atoms in total. The predicted octanol–water partition coefficient (Wildman–Crippen LogP) is 0.758. The van der Waals surface area contributed by atoms with Crippen molar-refractivity contribution in [1.29, 1.82) is 0 Å². The first-order valence-corrected chi connectivity index (χ1v) is 9.44. The maximum Gasteiger partial charge on any atom is 0.247 e. The molecule has 0 saturated carbocycles. The number of hydrogen-bond acceptors (Lipinski definition) is 6. The van der Waals surface area contributed by atoms with Crippen LogP contribution in [0.5, 0.6) is 5.75 Å². The maximum atomic E-state index is 13.0. The molecule has 0 N–H and O–H groups in total. The van der Waals surface area contributed by atoms with Crippen molar-refractivity contribution < 1.29 is 27.5 Å². The van der Waals surface area contributed by atoms with Crippen LogP contribution >= 0.6 is 0 Å². The van der Waals surface area contributed by atoms with Crippen LogP contribution in [0.3, 0.4) is 0 Å². The Labute approximate surface area is 146 Å². The van der Waals surface area contributed by atoms with Crippen LogP contribution in [0.2, 0.25) is 0 Å². The van der Waals surface area contributed by atoms with Gasteiger partial charge in [0.25, 0.3) is 0 Å². The van der Waals surface area contributed by atoms with Gasteiger partial charge in [-0.15, -0.1) is 0 Å². The van der Waals surface area contributed by atoms with Crippen LogP contribution in [0.4, 0.5) is 5.69 Å². The van der Waals surface area contributed by atoms with Crippen LogP contribution in [0, 0.1) is 0 Å². The normalized spacial score (nSPS) is 22.5. The SMILES string of the molecule is COc1ccc(N2C(=O)CCC2=O)cc1S(=O)(=O)N1CCOC(C)C1. The molecule has 3 rings (SSSR count). The van der Waals surface area contributed by atoms with Crippen molar-refractivity contribution in [2.75, 3.05) is 31.7 Å². The van der Waals surface area contributed by atoms with Gasteiger partial charge >= 0.3 is 0 Å². The monoisotopic (exact) mass is 368 g/mol. The van der Waals surface area contributed by atoms with Crippen molar-refractivity contribution in [3.63, 3.8) is 0 Å². The Hall–Kier alpha value is -1.97. The van der Waals surface area contributed by atoms with Gasteiger partial charge in [-0.1, -0.05) is 0 Å². The summed E-state index contributed by atoms with van der Waals surface area (Å²) in [6, 6.07) is 4.31. The molecule has 136 valence electrons. The molecule has 1 aromatic rings. The highest BCUT2D eigenvalue weighted by atomic mass is 32.2. The third kappa shape index (κ3) is 3.26. The molecule has 9 heteroatoms. The molecule has 2 saturated heterocycles. The first kappa shape index (κ1) is 17.8. The number of ether oxygens (including phenoxy) is 2. The number of morpholine rings is 1. The standard InChI is InChI=1S/C16H20N2O6S/c1-11-10-17(7-8-24-11)25(21,22)14-9-12(3-4-13(14)23-2)18-15(19)5-6-16(18)20/h3-4,9,11H,5-8,10H2,1-2H3. The summed E-state index contributed by atoms with van der Waals surface area (Å²) in [4.78, 5) is 24.9. The molecule has 0 aromatic heterocycles. The molecule has 2 aliphatic heterocycles. The van der Waals surface area contributed by atoms with Crippen LogP contribution in [0.1, 0.15) is 19.8 Å². The molecule has 25 heavy (non-hydrogen) atoms. The Morgan fingerprint density at radius 2 is 1.88 bits per heavy atom. The fourth-order valence-electron chi connectivity index (χ4n) is 3.01. The summed E-state index contributed by atoms with van der Waals surface area (Å²) in [6.45, 7) is 2.58. The summed E-state index contributed by atoms with van der Waals surface area (Å²) in [6.07, 6.45) is 0.0569. The Balaban J connectivity index is 2.03. The molecule has 0 bridgehead atoms. The van der Waals surface area contributed by atoms with Crippen LogP contribution in [0.15, 0.2) is 23.1 Å². The lowest BCUT2D eigenvalue weighted by atomic mass is 10.2. The number of amides is 2. The fraction of sp³-hybridized carbons (Fsp3) is 0.500. The zero-order valence-corrected chi connectivity index (χ0v) is 14.9. The third-order valence-electron chi connectivity index (χ3n) is 4.28. The molecule has 2 amide bonds. The molecule has 2 fully saturated rings. The quantitative estimate of drug-likeness (QED) is 0.729. The Morgan fingerprint density at radius 1 is 1.20 bits per heavy atom. The van der Waals surface area contributed by atoms with E-state index < -0.39 is 10.0 Å². The molecular weight excluding hydrogens is 348 g/mol. The van der Waals surface area contributed by atoms with Gasteiger partial charge in [0.15, 0.2) is 0 Å². The molecule has 1 aromatic carbocycles. The minimum Gasteiger partial charge on any atom is -0.495 e. The van der Waals surface area contributed by atoms with E-state index in [1.54, 1.807) is 6.92 Å². The molecule has 2 aliphatic rings. The van der Waals surface area contributed by atoms with Crippen molar-refractivity contribution in [2.24, 2.45) is 0 Å². The van der Waals surface area contributed by atoms with E-state index in [9.17, 15) is 18.0 Å². The smallest absolute Gasteiger partial charge is 0.247 e. The average molecular weight is 368 g/mol. The number of carbonyl (C=O) groups is 2. The summed E-state index contributed by atoms with van der Waals surface area (Å²) in [5, 5.41) is 0. The zero-order chi connectivity index (χ0) is 18.2. The van der Waals surface area contributed by atoms with Gasteiger partial charge in [-0.3, -0.25) is 14.5 Å². The maximum absolute atomic E-state index is 13.0. The molecule has 1 atom stereocenters. The number of rotatable bonds is 4. The van der Waals surface area contributed by atoms with Crippen molar-refractivity contribution in [3.8, 4) is 5.75 Å². The number of benzene rings is 1. The Bertz CT molecular complexity index is 791. The van der Waals surface area contributed by atoms with Gasteiger partial charge < -0.3 is 9.47 Å². The number of methoxy groups -OCH3 is 1. The zero-order valence-electron chi connectivity index (χ0n) is 14.1. The predicted molar refractivity (Wildman–Crippen MR) is 88.9 cm³/mol. The molecule has 0 radical (unpaired) electrons. The summed E-state index contributed by atoms with van der Waals surface area (Å²) in [5.41, 5.74) is 0.244. The molecule has 1 unspecified atom stereocenters. The van der Waals surface area contributed by atoms with Crippen molar-refractivity contribution in [2.45, 2.75) is 30.8 Å². The molecule has 0 spiro atoms. The van der Waals surface area contributed by atoms with Crippen LogP contribution in [-0.2, 0) is 24.3 Å². The minimum atomic E-state index is -3.85. The van der Waals surface area contributed by atoms with Gasteiger partial charge in [-0.25, -0.2) is 8.42 Å². The van der Waals surface area contributed by atoms with E-state index >= 15 is 0 Å². The van der Waals surface area contributed by atoms with E-state index in [0.29, 0.717) is 6.61 Å². The third-order valence-corrected chi connectivity index (χ3v) is 6.16. The van der Waals surface area contributed by atoms with Crippen molar-refractivity contribution in [1.82, 2.24) is 4.31 Å². The highest BCUT2D eigenvalue weighted by molar-refractivity contribution is 7.89. The van der Waals surface area contributed by atoms with E-state index in [4.69, 9.17) is 9.47 Å². The molecule has 2 heterocycles. The van der Waals surface area contributed by atoms with Gasteiger partial charge in [0.2, 0.25) is 21.8 Å². The first-order chi connectivity index (χ1) is 11.8. The van der Waals surface area contributed by atoms with Crippen molar-refractivity contribution >= 4 is 27.5 Å². The summed E-state index contributed by atoms with van der Waals surface area (Å²) in [5.74, 6) is -0.501. The Morgan fingerprint density at radius 3 is 2.48 bits per heavy atom. The lowest BCUT2D eigenvalue weighted by molar-refractivity contribution is -0.121. The highest BCUT2D eigenvalue weighted by Crippen LogP contribution is 2.33. The number of nitrogens with zero attached hydrogens (tertiary/aromatic N) is 2. The summed E-state index contributed by atoms with van der Waals surface area (Å²) < 4.78 is 38.0. The van der Waals surface area contributed by atoms with E-state index in [1.165, 1.54) is 29.6 Å². The van der Waals surface area contributed by atoms with Gasteiger partial charge in [-0.2, -0.15) is 4.31 Å². The van der Waals surface area contributed by atoms with Gasteiger partial charge in [-0.05, 0) is 25.1 Å². The second kappa shape index (κ2) is 6.74. The van der Waals surface area contributed by atoms with Crippen LogP contribution in [0.25, 0.3) is 0 Å². The van der Waals surface area contributed by atoms with E-state index in [-0.39, 0.29) is 60.2 Å². The topological polar surface area (TPSA) is 93.2 Å². The average Bonchev–Trinajstić information content (AvgIpc) is 2.93. The Kier molecular flexibility index (Phi) is 4.81. The number of anilines is 1. The second-order valence-corrected chi connectivity index (χ2v) is 7.91. The second-order valence-electron chi connectivity index (χ2n) is 6.00. The van der Waals surface area contributed by atoms with Crippen LogP contribution in [-0.4, -0.2) is 57.4 Å². The lowest BCUT2D eigenvalue weighted by Gasteiger charge is -2.30. The first-order valence-electron chi connectivity index (χ1n) is 8.00. The minimum absolute atomic E-state index is 0.0610. The largest absolute Gasteiger partial charge is 0.495 e. The number of sulfonamides is 1. The van der Waals surface area contributed by atoms with E-state index in [2.05, 4.69) is 0 Å². The number of hydrogen-bond donors (Lipinski definition) is 0. The van der Waals surface area contributed by atoms with Gasteiger partial charge in [0, 0.05) is 25.9 Å². The van der Waals surface area contributed by atoms with Gasteiger partial charge in [0.1, 0.15) is 10.6 Å². The van der Waals surface area contributed by atoms with E-state index in [0.717, 1.165) is 4.90 Å². The van der Waals surface area contributed by atoms with Gasteiger partial charge in [0.05, 0.1) is 25.5 Å². The van der Waals surface area contributed by atoms with Crippen LogP contribution < -0.4 is 9.64 Å². The summed E-state index contributed by atoms with van der Waals surface area (Å²) in [7, 11) is -2.47. The molecule has 0 aliphatic carbocycles. The fourth-order valence-corrected chi connectivity index (χ4v) is 4.69. The number of imide groups is 1.